The van der Waals surface area contributed by atoms with Gasteiger partial charge in [0.25, 0.3) is 5.91 Å². The molecule has 5 nitrogen and oxygen atoms in total. The zero-order chi connectivity index (χ0) is 20.3. The van der Waals surface area contributed by atoms with Crippen LogP contribution < -0.4 is 10.1 Å². The van der Waals surface area contributed by atoms with Gasteiger partial charge in [-0.1, -0.05) is 30.3 Å². The molecule has 1 N–H and O–H groups in total. The maximum atomic E-state index is 12.7. The van der Waals surface area contributed by atoms with Crippen LogP contribution in [0.2, 0.25) is 0 Å². The van der Waals surface area contributed by atoms with E-state index in [1.807, 2.05) is 65.3 Å². The standard InChI is InChI=1S/C25H23N3O2/c29-25(27-23-9-5-7-18-6-1-2-8-22(18)23)19-11-13-21(14-12-19)30-17-20-16-28-15-4-3-10-24(28)26-20/h1-4,6,8,10-16,23H,5,7,9,17H2,(H,27,29)/t23-/m0/s1. The largest absolute Gasteiger partial charge is 0.487 e. The molecule has 0 fully saturated rings. The Morgan fingerprint density at radius 3 is 2.77 bits per heavy atom. The van der Waals surface area contributed by atoms with Crippen LogP contribution in [0.5, 0.6) is 5.75 Å². The van der Waals surface area contributed by atoms with Gasteiger partial charge in [0.15, 0.2) is 0 Å². The Balaban J connectivity index is 1.22. The number of imidazole rings is 1. The second-order valence-electron chi connectivity index (χ2n) is 7.63. The molecule has 2 aromatic carbocycles. The Hall–Kier alpha value is -3.60. The van der Waals surface area contributed by atoms with Crippen molar-refractivity contribution in [2.24, 2.45) is 0 Å². The third-order valence-electron chi connectivity index (χ3n) is 5.59. The molecule has 2 heterocycles. The van der Waals surface area contributed by atoms with E-state index < -0.39 is 0 Å². The van der Waals surface area contributed by atoms with Crippen molar-refractivity contribution in [2.45, 2.75) is 31.9 Å². The first-order valence-electron chi connectivity index (χ1n) is 10.3. The van der Waals surface area contributed by atoms with Crippen molar-refractivity contribution in [1.82, 2.24) is 14.7 Å². The first kappa shape index (κ1) is 18.4. The first-order chi connectivity index (χ1) is 14.8. The monoisotopic (exact) mass is 397 g/mol. The van der Waals surface area contributed by atoms with Gasteiger partial charge in [-0.2, -0.15) is 0 Å². The number of hydrogen-bond donors (Lipinski definition) is 1. The number of carbonyl (C=O) groups is 1. The number of nitrogens with zero attached hydrogens (tertiary/aromatic N) is 2. The van der Waals surface area contributed by atoms with E-state index in [1.165, 1.54) is 11.1 Å². The first-order valence-corrected chi connectivity index (χ1v) is 10.3. The number of nitrogens with one attached hydrogen (secondary N) is 1. The van der Waals surface area contributed by atoms with Crippen molar-refractivity contribution >= 4 is 11.6 Å². The lowest BCUT2D eigenvalue weighted by Gasteiger charge is -2.26. The van der Waals surface area contributed by atoms with Crippen molar-refractivity contribution in [3.05, 3.63) is 102 Å². The summed E-state index contributed by atoms with van der Waals surface area (Å²) < 4.78 is 7.81. The summed E-state index contributed by atoms with van der Waals surface area (Å²) in [6.45, 7) is 0.381. The molecule has 0 saturated carbocycles. The summed E-state index contributed by atoms with van der Waals surface area (Å²) in [4.78, 5) is 17.3. The molecule has 150 valence electrons. The second-order valence-corrected chi connectivity index (χ2v) is 7.63. The van der Waals surface area contributed by atoms with Gasteiger partial charge in [0, 0.05) is 18.0 Å². The van der Waals surface area contributed by atoms with Crippen LogP contribution in [-0.4, -0.2) is 15.3 Å². The SMILES string of the molecule is O=C(N[C@H]1CCCc2ccccc21)c1ccc(OCc2cn3ccccc3n2)cc1. The number of ether oxygens (including phenoxy) is 1. The van der Waals surface area contributed by atoms with Crippen molar-refractivity contribution in [3.63, 3.8) is 0 Å². The predicted octanol–water partition coefficient (Wildman–Crippen LogP) is 4.72. The molecule has 1 atom stereocenters. The number of fused-ring (bicyclic) bond motifs is 2. The van der Waals surface area contributed by atoms with Crippen LogP contribution in [0.25, 0.3) is 5.65 Å². The van der Waals surface area contributed by atoms with E-state index in [4.69, 9.17) is 4.74 Å². The zero-order valence-corrected chi connectivity index (χ0v) is 16.6. The molecular weight excluding hydrogens is 374 g/mol. The molecule has 0 saturated heterocycles. The van der Waals surface area contributed by atoms with E-state index in [0.29, 0.717) is 17.9 Å². The Kier molecular flexibility index (Phi) is 4.93. The molecule has 5 rings (SSSR count). The average Bonchev–Trinajstić information content (AvgIpc) is 3.21. The summed E-state index contributed by atoms with van der Waals surface area (Å²) in [7, 11) is 0. The highest BCUT2D eigenvalue weighted by molar-refractivity contribution is 5.94. The molecule has 5 heteroatoms. The molecular formula is C25H23N3O2. The van der Waals surface area contributed by atoms with Gasteiger partial charge in [0.1, 0.15) is 18.0 Å². The lowest BCUT2D eigenvalue weighted by molar-refractivity contribution is 0.0932. The average molecular weight is 397 g/mol. The summed E-state index contributed by atoms with van der Waals surface area (Å²) in [6.07, 6.45) is 7.07. The summed E-state index contributed by atoms with van der Waals surface area (Å²) in [5.41, 5.74) is 4.97. The fourth-order valence-corrected chi connectivity index (χ4v) is 4.06. The smallest absolute Gasteiger partial charge is 0.251 e. The van der Waals surface area contributed by atoms with E-state index in [2.05, 4.69) is 28.5 Å². The molecule has 2 aromatic heterocycles. The molecule has 4 aromatic rings. The summed E-state index contributed by atoms with van der Waals surface area (Å²) >= 11 is 0. The molecule has 0 unspecified atom stereocenters. The number of hydrogen-bond acceptors (Lipinski definition) is 3. The highest BCUT2D eigenvalue weighted by Crippen LogP contribution is 2.29. The molecule has 0 bridgehead atoms. The van der Waals surface area contributed by atoms with Gasteiger partial charge < -0.3 is 14.5 Å². The number of benzene rings is 2. The minimum absolute atomic E-state index is 0.0522. The van der Waals surface area contributed by atoms with Crippen LogP contribution in [0.3, 0.4) is 0 Å². The molecule has 0 radical (unpaired) electrons. The highest BCUT2D eigenvalue weighted by Gasteiger charge is 2.21. The minimum Gasteiger partial charge on any atom is -0.487 e. The molecule has 30 heavy (non-hydrogen) atoms. The van der Waals surface area contributed by atoms with Gasteiger partial charge in [-0.05, 0) is 66.8 Å². The number of carbonyl (C=O) groups excluding carboxylic acids is 1. The Morgan fingerprint density at radius 1 is 1.07 bits per heavy atom. The van der Waals surface area contributed by atoms with Gasteiger partial charge in [0.2, 0.25) is 0 Å². The highest BCUT2D eigenvalue weighted by atomic mass is 16.5. The topological polar surface area (TPSA) is 55.6 Å². The van der Waals surface area contributed by atoms with Crippen molar-refractivity contribution in [3.8, 4) is 5.75 Å². The van der Waals surface area contributed by atoms with E-state index in [9.17, 15) is 4.79 Å². The predicted molar refractivity (Wildman–Crippen MR) is 116 cm³/mol. The number of amides is 1. The van der Waals surface area contributed by atoms with Crippen molar-refractivity contribution in [1.29, 1.82) is 0 Å². The molecule has 1 aliphatic rings. The summed E-state index contributed by atoms with van der Waals surface area (Å²) in [5.74, 6) is 0.662. The molecule has 1 aliphatic carbocycles. The van der Waals surface area contributed by atoms with Crippen LogP contribution in [0, 0.1) is 0 Å². The zero-order valence-electron chi connectivity index (χ0n) is 16.6. The second kappa shape index (κ2) is 8.03. The minimum atomic E-state index is -0.0522. The molecule has 0 aliphatic heterocycles. The van der Waals surface area contributed by atoms with Gasteiger partial charge in [0.05, 0.1) is 11.7 Å². The number of aromatic nitrogens is 2. The van der Waals surface area contributed by atoms with Crippen LogP contribution in [-0.2, 0) is 13.0 Å². The van der Waals surface area contributed by atoms with Gasteiger partial charge in [-0.15, -0.1) is 0 Å². The lowest BCUT2D eigenvalue weighted by atomic mass is 9.87. The fraction of sp³-hybridized carbons (Fsp3) is 0.200. The summed E-state index contributed by atoms with van der Waals surface area (Å²) in [6, 6.07) is 21.6. The number of rotatable bonds is 5. The maximum absolute atomic E-state index is 12.7. The van der Waals surface area contributed by atoms with Crippen LogP contribution in [0.15, 0.2) is 79.1 Å². The number of aryl methyl sites for hydroxylation is 1. The molecule has 1 amide bonds. The Bertz CT molecular complexity index is 1150. The van der Waals surface area contributed by atoms with Crippen molar-refractivity contribution < 1.29 is 9.53 Å². The van der Waals surface area contributed by atoms with Gasteiger partial charge in [-0.3, -0.25) is 4.79 Å². The van der Waals surface area contributed by atoms with Crippen LogP contribution in [0.4, 0.5) is 0 Å². The van der Waals surface area contributed by atoms with Crippen molar-refractivity contribution in [2.75, 3.05) is 0 Å². The van der Waals surface area contributed by atoms with Crippen LogP contribution >= 0.6 is 0 Å². The molecule has 0 spiro atoms. The van der Waals surface area contributed by atoms with Gasteiger partial charge >= 0.3 is 0 Å². The summed E-state index contributed by atoms with van der Waals surface area (Å²) in [5, 5.41) is 3.19. The maximum Gasteiger partial charge on any atom is 0.251 e. The van der Waals surface area contributed by atoms with E-state index >= 15 is 0 Å². The Labute approximate surface area is 175 Å². The van der Waals surface area contributed by atoms with E-state index in [-0.39, 0.29) is 11.9 Å². The fourth-order valence-electron chi connectivity index (χ4n) is 4.06. The third kappa shape index (κ3) is 3.79. The Morgan fingerprint density at radius 2 is 1.90 bits per heavy atom. The normalized spacial score (nSPS) is 15.5. The van der Waals surface area contributed by atoms with E-state index in [1.54, 1.807) is 0 Å². The van der Waals surface area contributed by atoms with Crippen LogP contribution in [0.1, 0.15) is 46.1 Å². The number of pyridine rings is 1. The quantitative estimate of drug-likeness (QED) is 0.530. The van der Waals surface area contributed by atoms with E-state index in [0.717, 1.165) is 30.6 Å². The van der Waals surface area contributed by atoms with Gasteiger partial charge in [-0.25, -0.2) is 4.98 Å². The third-order valence-corrected chi connectivity index (χ3v) is 5.59. The lowest BCUT2D eigenvalue weighted by Crippen LogP contribution is -2.30.